The summed E-state index contributed by atoms with van der Waals surface area (Å²) in [6.45, 7) is 3.89. The molecule has 1 aromatic carbocycles. The van der Waals surface area contributed by atoms with Gasteiger partial charge in [0.2, 0.25) is 5.67 Å². The average Bonchev–Trinajstić information content (AvgIpc) is 2.96. The molecule has 0 spiro atoms. The van der Waals surface area contributed by atoms with Gasteiger partial charge in [-0.25, -0.2) is 9.18 Å². The lowest BCUT2D eigenvalue weighted by molar-refractivity contribution is -0.157. The number of ether oxygens (including phenoxy) is 2. The first-order valence-corrected chi connectivity index (χ1v) is 10.3. The van der Waals surface area contributed by atoms with Crippen LogP contribution in [0.1, 0.15) is 25.8 Å². The first-order chi connectivity index (χ1) is 13.6. The molecule has 5 atom stereocenters. The van der Waals surface area contributed by atoms with Crippen molar-refractivity contribution in [2.75, 3.05) is 20.3 Å². The zero-order valence-electron chi connectivity index (χ0n) is 16.6. The zero-order valence-corrected chi connectivity index (χ0v) is 18.1. The number of carbonyl (C=O) groups is 2. The van der Waals surface area contributed by atoms with Crippen molar-refractivity contribution in [2.45, 2.75) is 44.1 Å². The zero-order chi connectivity index (χ0) is 21.6. The highest BCUT2D eigenvalue weighted by Crippen LogP contribution is 2.68. The number of carbonyl (C=O) groups excluding carboxylic acids is 2. The maximum Gasteiger partial charge on any atom is 0.346 e. The third-order valence-corrected chi connectivity index (χ3v) is 6.81. The summed E-state index contributed by atoms with van der Waals surface area (Å²) in [6.07, 6.45) is 0.243. The molecule has 0 radical (unpaired) electrons. The number of hydrogen-bond acceptors (Lipinski definition) is 6. The molecule has 1 aromatic rings. The quantitative estimate of drug-likeness (QED) is 0.648. The minimum absolute atomic E-state index is 0.0397. The minimum atomic E-state index is -2.37. The van der Waals surface area contributed by atoms with Crippen LogP contribution in [-0.2, 0) is 25.6 Å². The Hall–Kier alpha value is -1.41. The van der Waals surface area contributed by atoms with Crippen molar-refractivity contribution in [3.63, 3.8) is 0 Å². The molecule has 2 saturated carbocycles. The number of halogens is 3. The molecule has 0 amide bonds. The number of rotatable bonds is 7. The summed E-state index contributed by atoms with van der Waals surface area (Å²) in [7, 11) is 1.82. The molecule has 0 aliphatic heterocycles. The van der Waals surface area contributed by atoms with E-state index >= 15 is 4.39 Å². The molecule has 2 fully saturated rings. The van der Waals surface area contributed by atoms with Gasteiger partial charge in [0, 0.05) is 18.5 Å². The fourth-order valence-corrected chi connectivity index (χ4v) is 4.99. The Kier molecular flexibility index (Phi) is 6.16. The third kappa shape index (κ3) is 3.42. The van der Waals surface area contributed by atoms with Crippen molar-refractivity contribution in [1.29, 1.82) is 0 Å². The van der Waals surface area contributed by atoms with Crippen LogP contribution in [0.25, 0.3) is 0 Å². The number of nitrogens with two attached hydrogens (primary N) is 1. The predicted octanol–water partition coefficient (Wildman–Crippen LogP) is 2.98. The topological polar surface area (TPSA) is 81.9 Å². The average molecular weight is 447 g/mol. The monoisotopic (exact) mass is 446 g/mol. The lowest BCUT2D eigenvalue weighted by Gasteiger charge is -2.34. The first kappa shape index (κ1) is 22.3. The van der Waals surface area contributed by atoms with E-state index in [0.717, 1.165) is 5.56 Å². The number of benzene rings is 1. The Balaban J connectivity index is 1.85. The molecule has 0 saturated heterocycles. The van der Waals surface area contributed by atoms with Gasteiger partial charge < -0.3 is 15.2 Å². The highest BCUT2D eigenvalue weighted by Gasteiger charge is 2.89. The van der Waals surface area contributed by atoms with E-state index in [1.165, 1.54) is 0 Å². The molecular formula is C20H25Cl2FN2O4. The van der Waals surface area contributed by atoms with Crippen LogP contribution < -0.4 is 5.73 Å². The van der Waals surface area contributed by atoms with E-state index in [1.807, 2.05) is 18.0 Å². The molecule has 2 aliphatic carbocycles. The van der Waals surface area contributed by atoms with Crippen LogP contribution in [0.5, 0.6) is 0 Å². The Morgan fingerprint density at radius 1 is 1.24 bits per heavy atom. The van der Waals surface area contributed by atoms with Gasteiger partial charge in [0.15, 0.2) is 0 Å². The van der Waals surface area contributed by atoms with Crippen LogP contribution in [0.2, 0.25) is 10.0 Å². The highest BCUT2D eigenvalue weighted by atomic mass is 35.5. The molecule has 0 bridgehead atoms. The van der Waals surface area contributed by atoms with Crippen molar-refractivity contribution in [3.05, 3.63) is 33.8 Å². The van der Waals surface area contributed by atoms with E-state index in [-0.39, 0.29) is 19.6 Å². The number of alkyl halides is 1. The lowest BCUT2D eigenvalue weighted by Crippen LogP contribution is -2.54. The molecule has 9 heteroatoms. The summed E-state index contributed by atoms with van der Waals surface area (Å²) in [5.74, 6) is -3.40. The van der Waals surface area contributed by atoms with E-state index < -0.39 is 41.0 Å². The van der Waals surface area contributed by atoms with Crippen molar-refractivity contribution in [2.24, 2.45) is 17.6 Å². The van der Waals surface area contributed by atoms with Crippen LogP contribution in [0.15, 0.2) is 18.2 Å². The van der Waals surface area contributed by atoms with Crippen LogP contribution in [0.4, 0.5) is 4.39 Å². The van der Waals surface area contributed by atoms with Gasteiger partial charge in [-0.3, -0.25) is 9.69 Å². The largest absolute Gasteiger partial charge is 0.466 e. The predicted molar refractivity (Wildman–Crippen MR) is 107 cm³/mol. The van der Waals surface area contributed by atoms with Crippen LogP contribution in [-0.4, -0.2) is 54.3 Å². The second-order valence-electron chi connectivity index (χ2n) is 7.61. The van der Waals surface area contributed by atoms with Crippen molar-refractivity contribution < 1.29 is 23.5 Å². The first-order valence-electron chi connectivity index (χ1n) is 9.58. The SMILES string of the molecule is CCOC(=O)[C@@H]1[C@H](N(C)Cc2ccc(Cl)c(Cl)c2)C[C@@H]2[C@@]1(N)[C@@]2(F)C(=O)OCC. The number of fused-ring (bicyclic) bond motifs is 1. The summed E-state index contributed by atoms with van der Waals surface area (Å²) in [6, 6.07) is 4.87. The number of hydrogen-bond donors (Lipinski definition) is 1. The van der Waals surface area contributed by atoms with Crippen LogP contribution in [0, 0.1) is 11.8 Å². The Bertz CT molecular complexity index is 826. The Labute approximate surface area is 179 Å². The summed E-state index contributed by atoms with van der Waals surface area (Å²) in [5.41, 5.74) is 3.23. The second-order valence-corrected chi connectivity index (χ2v) is 8.43. The van der Waals surface area contributed by atoms with Crippen molar-refractivity contribution in [1.82, 2.24) is 4.90 Å². The minimum Gasteiger partial charge on any atom is -0.466 e. The Morgan fingerprint density at radius 3 is 2.48 bits per heavy atom. The molecule has 0 unspecified atom stereocenters. The smallest absolute Gasteiger partial charge is 0.346 e. The normalized spacial score (nSPS) is 32.8. The van der Waals surface area contributed by atoms with Gasteiger partial charge in [0.05, 0.1) is 34.7 Å². The van der Waals surface area contributed by atoms with Gasteiger partial charge in [-0.15, -0.1) is 0 Å². The fourth-order valence-electron chi connectivity index (χ4n) is 4.67. The van der Waals surface area contributed by atoms with Gasteiger partial charge in [0.1, 0.15) is 0 Å². The van der Waals surface area contributed by atoms with Crippen molar-refractivity contribution in [3.8, 4) is 0 Å². The molecule has 6 nitrogen and oxygen atoms in total. The van der Waals surface area contributed by atoms with Crippen LogP contribution >= 0.6 is 23.2 Å². The Morgan fingerprint density at radius 2 is 1.90 bits per heavy atom. The molecule has 2 N–H and O–H groups in total. The molecule has 29 heavy (non-hydrogen) atoms. The molecule has 2 aliphatic rings. The summed E-state index contributed by atoms with van der Waals surface area (Å²) in [5, 5.41) is 0.872. The van der Waals surface area contributed by atoms with Gasteiger partial charge in [0.25, 0.3) is 0 Å². The number of nitrogens with zero attached hydrogens (tertiary/aromatic N) is 1. The standard InChI is InChI=1S/C20H25Cl2FN2O4/c1-4-28-17(26)16-14(25(3)10-11-6-7-12(21)13(22)8-11)9-15-19(23,20(15,16)24)18(27)29-5-2/h6-8,14-16H,4-5,9-10,24H2,1-3H3/t14-,15+,16+,19+,20+/m1/s1. The van der Waals surface area contributed by atoms with E-state index in [9.17, 15) is 9.59 Å². The fraction of sp³-hybridized carbons (Fsp3) is 0.600. The van der Waals surface area contributed by atoms with Gasteiger partial charge in [-0.1, -0.05) is 29.3 Å². The maximum absolute atomic E-state index is 15.5. The van der Waals surface area contributed by atoms with Crippen molar-refractivity contribution >= 4 is 35.1 Å². The molecule has 0 aromatic heterocycles. The van der Waals surface area contributed by atoms with Gasteiger partial charge in [-0.05, 0) is 45.0 Å². The third-order valence-electron chi connectivity index (χ3n) is 6.08. The number of esters is 2. The van der Waals surface area contributed by atoms with Gasteiger partial charge >= 0.3 is 11.9 Å². The second kappa shape index (κ2) is 8.02. The summed E-state index contributed by atoms with van der Waals surface area (Å²) in [4.78, 5) is 26.9. The van der Waals surface area contributed by atoms with Crippen LogP contribution in [0.3, 0.4) is 0 Å². The summed E-state index contributed by atoms with van der Waals surface area (Å²) < 4.78 is 25.6. The maximum atomic E-state index is 15.5. The van der Waals surface area contributed by atoms with E-state index in [4.69, 9.17) is 38.4 Å². The van der Waals surface area contributed by atoms with E-state index in [1.54, 1.807) is 26.0 Å². The van der Waals surface area contributed by atoms with E-state index in [2.05, 4.69) is 0 Å². The summed E-state index contributed by atoms with van der Waals surface area (Å²) >= 11 is 12.1. The molecule has 160 valence electrons. The lowest BCUT2D eigenvalue weighted by atomic mass is 9.88. The molecule has 3 rings (SSSR count). The highest BCUT2D eigenvalue weighted by molar-refractivity contribution is 6.42. The van der Waals surface area contributed by atoms with E-state index in [0.29, 0.717) is 16.6 Å². The molecule has 0 heterocycles. The van der Waals surface area contributed by atoms with Gasteiger partial charge in [-0.2, -0.15) is 0 Å². The molecular weight excluding hydrogens is 422 g/mol.